The van der Waals surface area contributed by atoms with Crippen molar-refractivity contribution in [2.24, 2.45) is 0 Å². The van der Waals surface area contributed by atoms with Gasteiger partial charge in [0.15, 0.2) is 0 Å². The summed E-state index contributed by atoms with van der Waals surface area (Å²) < 4.78 is 0. The van der Waals surface area contributed by atoms with E-state index < -0.39 is 5.60 Å². The third-order valence-corrected chi connectivity index (χ3v) is 2.41. The molecule has 15 heavy (non-hydrogen) atoms. The maximum atomic E-state index is 11.7. The highest BCUT2D eigenvalue weighted by molar-refractivity contribution is 6.28. The predicted molar refractivity (Wildman–Crippen MR) is 53.6 cm³/mol. The van der Waals surface area contributed by atoms with Crippen LogP contribution in [0.2, 0.25) is 5.28 Å². The van der Waals surface area contributed by atoms with Gasteiger partial charge in [-0.2, -0.15) is 0 Å². The highest BCUT2D eigenvalue weighted by Gasteiger charge is 2.39. The van der Waals surface area contributed by atoms with Crippen LogP contribution >= 0.6 is 11.6 Å². The second-order valence-corrected chi connectivity index (χ2v) is 4.24. The number of halogens is 1. The fourth-order valence-electron chi connectivity index (χ4n) is 1.52. The lowest BCUT2D eigenvalue weighted by Gasteiger charge is -2.44. The molecule has 1 aromatic heterocycles. The predicted octanol–water partition coefficient (Wildman–Crippen LogP) is 0.337. The van der Waals surface area contributed by atoms with E-state index in [9.17, 15) is 9.90 Å². The molecule has 1 saturated heterocycles. The lowest BCUT2D eigenvalue weighted by Crippen LogP contribution is -2.61. The Labute approximate surface area is 91.7 Å². The summed E-state index contributed by atoms with van der Waals surface area (Å²) in [6.45, 7) is 2.37. The lowest BCUT2D eigenvalue weighted by molar-refractivity contribution is -0.0669. The van der Waals surface area contributed by atoms with Crippen LogP contribution in [0.4, 0.5) is 0 Å². The zero-order chi connectivity index (χ0) is 11.1. The number of likely N-dealkylation sites (tertiary alicyclic amines) is 1. The van der Waals surface area contributed by atoms with Crippen LogP contribution in [0, 0.1) is 0 Å². The molecule has 0 saturated carbocycles. The van der Waals surface area contributed by atoms with Gasteiger partial charge in [0.25, 0.3) is 5.91 Å². The molecule has 0 bridgehead atoms. The van der Waals surface area contributed by atoms with Crippen LogP contribution in [0.5, 0.6) is 0 Å². The number of carbonyl (C=O) groups excluding carboxylic acids is 1. The molecule has 1 aliphatic rings. The molecule has 0 aromatic carbocycles. The van der Waals surface area contributed by atoms with Gasteiger partial charge >= 0.3 is 0 Å². The summed E-state index contributed by atoms with van der Waals surface area (Å²) in [5.41, 5.74) is -0.377. The first kappa shape index (κ1) is 10.3. The SMILES string of the molecule is CC1(O)CN(C(=O)c2cnc(Cl)nc2)C1. The number of aromatic nitrogens is 2. The van der Waals surface area contributed by atoms with Crippen LogP contribution in [0.15, 0.2) is 12.4 Å². The van der Waals surface area contributed by atoms with E-state index in [1.54, 1.807) is 6.92 Å². The fraction of sp³-hybridized carbons (Fsp3) is 0.444. The van der Waals surface area contributed by atoms with Gasteiger partial charge < -0.3 is 10.0 Å². The van der Waals surface area contributed by atoms with E-state index in [0.29, 0.717) is 18.7 Å². The molecule has 1 fully saturated rings. The number of carbonyl (C=O) groups is 1. The monoisotopic (exact) mass is 227 g/mol. The Morgan fingerprint density at radius 1 is 1.53 bits per heavy atom. The number of β-amino-alcohol motifs (C(OH)–C–C–N with tert-alkyl or cyclic N) is 1. The molecule has 2 rings (SSSR count). The van der Waals surface area contributed by atoms with E-state index in [0.717, 1.165) is 0 Å². The second kappa shape index (κ2) is 3.43. The summed E-state index contributed by atoms with van der Waals surface area (Å²) in [7, 11) is 0. The van der Waals surface area contributed by atoms with Crippen molar-refractivity contribution in [3.8, 4) is 0 Å². The summed E-state index contributed by atoms with van der Waals surface area (Å²) in [4.78, 5) is 20.7. The lowest BCUT2D eigenvalue weighted by atomic mass is 9.96. The molecule has 0 spiro atoms. The third kappa shape index (κ3) is 2.08. The van der Waals surface area contributed by atoms with E-state index in [1.807, 2.05) is 0 Å². The number of aliphatic hydroxyl groups is 1. The molecule has 1 N–H and O–H groups in total. The van der Waals surface area contributed by atoms with Crippen molar-refractivity contribution in [3.05, 3.63) is 23.2 Å². The van der Waals surface area contributed by atoms with Gasteiger partial charge in [-0.3, -0.25) is 4.79 Å². The van der Waals surface area contributed by atoms with E-state index in [2.05, 4.69) is 9.97 Å². The van der Waals surface area contributed by atoms with Crippen molar-refractivity contribution >= 4 is 17.5 Å². The van der Waals surface area contributed by atoms with Crippen molar-refractivity contribution < 1.29 is 9.90 Å². The van der Waals surface area contributed by atoms with Gasteiger partial charge in [0.05, 0.1) is 24.3 Å². The Morgan fingerprint density at radius 3 is 2.53 bits per heavy atom. The van der Waals surface area contributed by atoms with E-state index in [-0.39, 0.29) is 11.2 Å². The zero-order valence-corrected chi connectivity index (χ0v) is 8.90. The van der Waals surface area contributed by atoms with Crippen LogP contribution in [0.3, 0.4) is 0 Å². The molecule has 5 nitrogen and oxygen atoms in total. The van der Waals surface area contributed by atoms with Crippen LogP contribution in [-0.2, 0) is 0 Å². The maximum absolute atomic E-state index is 11.7. The first-order chi connectivity index (χ1) is 6.98. The first-order valence-electron chi connectivity index (χ1n) is 4.47. The minimum absolute atomic E-state index is 0.113. The number of nitrogens with zero attached hydrogens (tertiary/aromatic N) is 3. The Morgan fingerprint density at radius 2 is 2.07 bits per heavy atom. The third-order valence-electron chi connectivity index (χ3n) is 2.22. The summed E-state index contributed by atoms with van der Waals surface area (Å²) in [5.74, 6) is -0.182. The van der Waals surface area contributed by atoms with E-state index >= 15 is 0 Å². The standard InChI is InChI=1S/C9H10ClN3O2/c1-9(15)4-13(5-9)7(14)6-2-11-8(10)12-3-6/h2-3,15H,4-5H2,1H3. The quantitative estimate of drug-likeness (QED) is 0.703. The molecule has 0 atom stereocenters. The molecule has 0 aliphatic carbocycles. The number of hydrogen-bond acceptors (Lipinski definition) is 4. The smallest absolute Gasteiger partial charge is 0.257 e. The molecule has 6 heteroatoms. The average Bonchev–Trinajstić information content (AvgIpc) is 2.14. The van der Waals surface area contributed by atoms with Gasteiger partial charge in [0, 0.05) is 12.4 Å². The number of rotatable bonds is 1. The summed E-state index contributed by atoms with van der Waals surface area (Å²) in [5, 5.41) is 9.59. The second-order valence-electron chi connectivity index (χ2n) is 3.90. The van der Waals surface area contributed by atoms with Gasteiger partial charge in [-0.25, -0.2) is 9.97 Å². The van der Waals surface area contributed by atoms with E-state index in [4.69, 9.17) is 11.6 Å². The molecule has 0 unspecified atom stereocenters. The highest BCUT2D eigenvalue weighted by atomic mass is 35.5. The van der Waals surface area contributed by atoms with E-state index in [1.165, 1.54) is 17.3 Å². The van der Waals surface area contributed by atoms with Crippen molar-refractivity contribution in [3.63, 3.8) is 0 Å². The molecule has 1 aliphatic heterocycles. The van der Waals surface area contributed by atoms with Gasteiger partial charge in [-0.15, -0.1) is 0 Å². The highest BCUT2D eigenvalue weighted by Crippen LogP contribution is 2.21. The van der Waals surface area contributed by atoms with Crippen LogP contribution in [0.1, 0.15) is 17.3 Å². The number of amides is 1. The topological polar surface area (TPSA) is 66.3 Å². The summed E-state index contributed by atoms with van der Waals surface area (Å²) in [6, 6.07) is 0. The molecular formula is C9H10ClN3O2. The maximum Gasteiger partial charge on any atom is 0.257 e. The summed E-state index contributed by atoms with van der Waals surface area (Å²) in [6.07, 6.45) is 2.76. The molecular weight excluding hydrogens is 218 g/mol. The Kier molecular flexibility index (Phi) is 2.36. The summed E-state index contributed by atoms with van der Waals surface area (Å²) >= 11 is 5.50. The van der Waals surface area contributed by atoms with Gasteiger partial charge in [-0.1, -0.05) is 0 Å². The van der Waals surface area contributed by atoms with Gasteiger partial charge in [0.1, 0.15) is 0 Å². The largest absolute Gasteiger partial charge is 0.386 e. The zero-order valence-electron chi connectivity index (χ0n) is 8.14. The van der Waals surface area contributed by atoms with Gasteiger partial charge in [-0.05, 0) is 18.5 Å². The van der Waals surface area contributed by atoms with Crippen molar-refractivity contribution in [1.82, 2.24) is 14.9 Å². The Hall–Kier alpha value is -1.20. The van der Waals surface area contributed by atoms with Gasteiger partial charge in [0.2, 0.25) is 5.28 Å². The fourth-order valence-corrected chi connectivity index (χ4v) is 1.62. The minimum Gasteiger partial charge on any atom is -0.386 e. The normalized spacial score (nSPS) is 18.5. The van der Waals surface area contributed by atoms with Crippen LogP contribution < -0.4 is 0 Å². The van der Waals surface area contributed by atoms with Crippen molar-refractivity contribution in [2.45, 2.75) is 12.5 Å². The number of hydrogen-bond donors (Lipinski definition) is 1. The Bertz CT molecular complexity index is 383. The van der Waals surface area contributed by atoms with Crippen molar-refractivity contribution in [2.75, 3.05) is 13.1 Å². The molecule has 2 heterocycles. The Balaban J connectivity index is 2.07. The molecule has 0 radical (unpaired) electrons. The molecule has 80 valence electrons. The first-order valence-corrected chi connectivity index (χ1v) is 4.85. The average molecular weight is 228 g/mol. The van der Waals surface area contributed by atoms with Crippen molar-refractivity contribution in [1.29, 1.82) is 0 Å². The van der Waals surface area contributed by atoms with Crippen LogP contribution in [-0.4, -0.2) is 44.6 Å². The van der Waals surface area contributed by atoms with Crippen LogP contribution in [0.25, 0.3) is 0 Å². The minimum atomic E-state index is -0.761. The molecule has 1 amide bonds. The molecule has 1 aromatic rings.